The molecule has 0 saturated carbocycles. The van der Waals surface area contributed by atoms with E-state index in [4.69, 9.17) is 5.26 Å². The average Bonchev–Trinajstić information content (AvgIpc) is 2.60. The Balaban J connectivity index is 2.25. The average molecular weight is 429 g/mol. The minimum absolute atomic E-state index is 0.146. The number of aryl methyl sites for hydroxylation is 1. The summed E-state index contributed by atoms with van der Waals surface area (Å²) in [7, 11) is -4.10. The normalized spacial score (nSPS) is 14.0. The fraction of sp³-hybridized carbons (Fsp3) is 0.312. The summed E-state index contributed by atoms with van der Waals surface area (Å²) in [5.74, 6) is -3.37. The van der Waals surface area contributed by atoms with Crippen LogP contribution in [0.15, 0.2) is 29.2 Å². The number of nitriles is 1. The molecule has 2 aromatic rings. The summed E-state index contributed by atoms with van der Waals surface area (Å²) in [5, 5.41) is 26.9. The lowest BCUT2D eigenvalue weighted by Gasteiger charge is -2.21. The summed E-state index contributed by atoms with van der Waals surface area (Å²) in [6.07, 6.45) is -5.04. The Bertz CT molecular complexity index is 1080. The highest BCUT2D eigenvalue weighted by Crippen LogP contribution is 2.29. The number of carbonyl (C=O) groups is 1. The van der Waals surface area contributed by atoms with Crippen LogP contribution in [0.4, 0.5) is 19.1 Å². The Labute approximate surface area is 163 Å². The maximum absolute atomic E-state index is 12.9. The molecule has 0 bridgehead atoms. The Kier molecular flexibility index (Phi) is 5.91. The van der Waals surface area contributed by atoms with Crippen LogP contribution in [0.25, 0.3) is 0 Å². The van der Waals surface area contributed by atoms with Crippen molar-refractivity contribution in [1.82, 2.24) is 15.2 Å². The number of halogens is 3. The fourth-order valence-corrected chi connectivity index (χ4v) is 3.74. The number of carbonyl (C=O) groups excluding carboxylic acids is 1. The predicted octanol–water partition coefficient (Wildman–Crippen LogP) is 1.23. The van der Waals surface area contributed by atoms with Gasteiger partial charge in [0.2, 0.25) is 5.95 Å². The lowest BCUT2D eigenvalue weighted by Crippen LogP contribution is -2.46. The van der Waals surface area contributed by atoms with Gasteiger partial charge in [0, 0.05) is 0 Å². The van der Waals surface area contributed by atoms with Crippen LogP contribution in [0.1, 0.15) is 23.9 Å². The zero-order chi connectivity index (χ0) is 22.0. The third-order valence-corrected chi connectivity index (χ3v) is 5.56. The van der Waals surface area contributed by atoms with Gasteiger partial charge in [-0.1, -0.05) is 17.7 Å². The second kappa shape index (κ2) is 7.72. The van der Waals surface area contributed by atoms with Crippen molar-refractivity contribution in [3.63, 3.8) is 0 Å². The number of hydrogen-bond acceptors (Lipinski definition) is 8. The minimum atomic E-state index is -5.04. The Hall–Kier alpha value is -3.11. The summed E-state index contributed by atoms with van der Waals surface area (Å²) < 4.78 is 63.5. The number of hydrogen-bond donors (Lipinski definition) is 2. The molecule has 0 saturated heterocycles. The topological polar surface area (TPSA) is 146 Å². The van der Waals surface area contributed by atoms with Gasteiger partial charge in [-0.2, -0.15) is 18.4 Å². The van der Waals surface area contributed by atoms with E-state index >= 15 is 0 Å². The van der Waals surface area contributed by atoms with E-state index in [9.17, 15) is 31.5 Å². The summed E-state index contributed by atoms with van der Waals surface area (Å²) in [4.78, 5) is 15.1. The summed E-state index contributed by atoms with van der Waals surface area (Å²) in [5.41, 5.74) is -4.53. The van der Waals surface area contributed by atoms with Gasteiger partial charge in [-0.15, -0.1) is 10.2 Å². The highest BCUT2D eigenvalue weighted by atomic mass is 32.2. The van der Waals surface area contributed by atoms with E-state index in [-0.39, 0.29) is 4.90 Å². The van der Waals surface area contributed by atoms with Crippen LogP contribution in [0.2, 0.25) is 0 Å². The standard InChI is InChI=1S/C16H14F3N5O4S/c1-9-3-5-10(6-4-9)29(27,28)8-15(2,26)13(25)22-14-21-12(16(17,18)19)11(7-20)23-24-14/h3-6,26H,8H2,1-2H3,(H,21,22,24,25)/t15-/m0/s1. The molecule has 2 N–H and O–H groups in total. The molecular formula is C16H14F3N5O4S. The molecule has 1 heterocycles. The third kappa shape index (κ3) is 5.24. The van der Waals surface area contributed by atoms with E-state index in [1.54, 1.807) is 12.2 Å². The Morgan fingerprint density at radius 3 is 2.34 bits per heavy atom. The second-order valence-electron chi connectivity index (χ2n) is 6.24. The van der Waals surface area contributed by atoms with Crippen molar-refractivity contribution in [1.29, 1.82) is 5.26 Å². The highest BCUT2D eigenvalue weighted by Gasteiger charge is 2.40. The first-order valence-electron chi connectivity index (χ1n) is 7.81. The Morgan fingerprint density at radius 1 is 1.24 bits per heavy atom. The molecular weight excluding hydrogens is 415 g/mol. The van der Waals surface area contributed by atoms with Crippen molar-refractivity contribution >= 4 is 21.7 Å². The van der Waals surface area contributed by atoms with Crippen LogP contribution in [-0.4, -0.2) is 46.0 Å². The van der Waals surface area contributed by atoms with Crippen molar-refractivity contribution in [2.75, 3.05) is 11.1 Å². The molecule has 0 fully saturated rings. The predicted molar refractivity (Wildman–Crippen MR) is 92.0 cm³/mol. The molecule has 0 aliphatic carbocycles. The fourth-order valence-electron chi connectivity index (χ4n) is 2.15. The van der Waals surface area contributed by atoms with E-state index in [1.165, 1.54) is 30.3 Å². The lowest BCUT2D eigenvalue weighted by molar-refractivity contribution is -0.141. The van der Waals surface area contributed by atoms with E-state index in [0.29, 0.717) is 0 Å². The minimum Gasteiger partial charge on any atom is -0.379 e. The van der Waals surface area contributed by atoms with Gasteiger partial charge in [-0.3, -0.25) is 10.1 Å². The number of aromatic nitrogens is 3. The van der Waals surface area contributed by atoms with Crippen LogP contribution in [0, 0.1) is 18.3 Å². The molecule has 1 aromatic heterocycles. The van der Waals surface area contributed by atoms with Crippen molar-refractivity contribution < 1.29 is 31.5 Å². The van der Waals surface area contributed by atoms with E-state index in [1.807, 2.05) is 0 Å². The van der Waals surface area contributed by atoms with Crippen LogP contribution >= 0.6 is 0 Å². The molecule has 0 aliphatic rings. The van der Waals surface area contributed by atoms with Crippen molar-refractivity contribution in [3.8, 4) is 6.07 Å². The number of benzene rings is 1. The number of nitrogens with zero attached hydrogens (tertiary/aromatic N) is 4. The van der Waals surface area contributed by atoms with Crippen LogP contribution in [0.3, 0.4) is 0 Å². The highest BCUT2D eigenvalue weighted by molar-refractivity contribution is 7.91. The first-order chi connectivity index (χ1) is 13.3. The van der Waals surface area contributed by atoms with Crippen LogP contribution in [0.5, 0.6) is 0 Å². The zero-order valence-electron chi connectivity index (χ0n) is 15.0. The molecule has 0 spiro atoms. The maximum Gasteiger partial charge on any atom is 0.436 e. The summed E-state index contributed by atoms with van der Waals surface area (Å²) in [6.45, 7) is 2.61. The molecule has 13 heteroatoms. The number of aliphatic hydroxyl groups is 1. The monoisotopic (exact) mass is 429 g/mol. The summed E-state index contributed by atoms with van der Waals surface area (Å²) >= 11 is 0. The number of sulfone groups is 1. The maximum atomic E-state index is 12.9. The zero-order valence-corrected chi connectivity index (χ0v) is 15.8. The molecule has 1 aromatic carbocycles. The number of nitrogens with one attached hydrogen (secondary N) is 1. The van der Waals surface area contributed by atoms with Gasteiger partial charge in [0.25, 0.3) is 5.91 Å². The van der Waals surface area contributed by atoms with Gasteiger partial charge in [-0.25, -0.2) is 13.4 Å². The number of amides is 1. The van der Waals surface area contributed by atoms with Crippen LogP contribution < -0.4 is 5.32 Å². The summed E-state index contributed by atoms with van der Waals surface area (Å²) in [6, 6.07) is 6.80. The second-order valence-corrected chi connectivity index (χ2v) is 8.23. The SMILES string of the molecule is Cc1ccc(S(=O)(=O)C[C@](C)(O)C(=O)Nc2nnc(C#N)c(C(F)(F)F)n2)cc1. The number of anilines is 1. The molecule has 1 atom stereocenters. The molecule has 2 rings (SSSR count). The molecule has 154 valence electrons. The number of rotatable bonds is 5. The van der Waals surface area contributed by atoms with Crippen molar-refractivity contribution in [3.05, 3.63) is 41.2 Å². The lowest BCUT2D eigenvalue weighted by atomic mass is 10.1. The van der Waals surface area contributed by atoms with Gasteiger partial charge in [0.15, 0.2) is 26.8 Å². The van der Waals surface area contributed by atoms with Crippen LogP contribution in [-0.2, 0) is 20.8 Å². The van der Waals surface area contributed by atoms with Gasteiger partial charge in [0.05, 0.1) is 10.6 Å². The first kappa shape index (κ1) is 22.2. The Morgan fingerprint density at radius 2 is 1.83 bits per heavy atom. The van der Waals surface area contributed by atoms with E-state index in [0.717, 1.165) is 12.5 Å². The van der Waals surface area contributed by atoms with E-state index in [2.05, 4.69) is 15.2 Å². The quantitative estimate of drug-likeness (QED) is 0.722. The molecule has 9 nitrogen and oxygen atoms in total. The van der Waals surface area contributed by atoms with Crippen molar-refractivity contribution in [2.24, 2.45) is 0 Å². The molecule has 29 heavy (non-hydrogen) atoms. The molecule has 0 aliphatic heterocycles. The smallest absolute Gasteiger partial charge is 0.379 e. The molecule has 0 unspecified atom stereocenters. The number of alkyl halides is 3. The molecule has 1 amide bonds. The van der Waals surface area contributed by atoms with Crippen molar-refractivity contribution in [2.45, 2.75) is 30.5 Å². The van der Waals surface area contributed by atoms with E-state index < -0.39 is 50.6 Å². The third-order valence-electron chi connectivity index (χ3n) is 3.63. The molecule has 0 radical (unpaired) electrons. The van der Waals surface area contributed by atoms with Gasteiger partial charge >= 0.3 is 6.18 Å². The largest absolute Gasteiger partial charge is 0.436 e. The first-order valence-corrected chi connectivity index (χ1v) is 9.47. The van der Waals surface area contributed by atoms with Gasteiger partial charge < -0.3 is 5.11 Å². The van der Waals surface area contributed by atoms with Gasteiger partial charge in [0.1, 0.15) is 6.07 Å². The van der Waals surface area contributed by atoms with Gasteiger partial charge in [-0.05, 0) is 26.0 Å².